The van der Waals surface area contributed by atoms with Crippen LogP contribution in [0.25, 0.3) is 0 Å². The van der Waals surface area contributed by atoms with Gasteiger partial charge in [0.1, 0.15) is 23.3 Å². The van der Waals surface area contributed by atoms with Crippen molar-refractivity contribution in [1.29, 1.82) is 5.26 Å². The number of carbonyl (C=O) groups is 2. The van der Waals surface area contributed by atoms with Crippen molar-refractivity contribution < 1.29 is 27.5 Å². The van der Waals surface area contributed by atoms with E-state index in [1.54, 1.807) is 12.1 Å². The van der Waals surface area contributed by atoms with E-state index in [4.69, 9.17) is 9.47 Å². The van der Waals surface area contributed by atoms with E-state index in [1.165, 1.54) is 32.4 Å². The summed E-state index contributed by atoms with van der Waals surface area (Å²) in [4.78, 5) is 28.8. The first-order chi connectivity index (χ1) is 16.7. The van der Waals surface area contributed by atoms with Crippen molar-refractivity contribution in [3.63, 3.8) is 0 Å². The summed E-state index contributed by atoms with van der Waals surface area (Å²) in [6.07, 6.45) is 3.91. The van der Waals surface area contributed by atoms with Crippen LogP contribution in [0.2, 0.25) is 0 Å². The van der Waals surface area contributed by atoms with Gasteiger partial charge in [-0.05, 0) is 37.1 Å². The zero-order chi connectivity index (χ0) is 25.6. The van der Waals surface area contributed by atoms with Crippen LogP contribution < -0.4 is 16.0 Å². The normalized spacial score (nSPS) is 17.5. The lowest BCUT2D eigenvalue weighted by Gasteiger charge is -2.32. The zero-order valence-electron chi connectivity index (χ0n) is 19.6. The molecule has 0 unspecified atom stereocenters. The van der Waals surface area contributed by atoms with Crippen LogP contribution in [-0.2, 0) is 19.3 Å². The Kier molecular flexibility index (Phi) is 8.14. The van der Waals surface area contributed by atoms with Crippen LogP contribution in [0, 0.1) is 11.3 Å². The maximum atomic E-state index is 12.5. The molecule has 35 heavy (non-hydrogen) atoms. The van der Waals surface area contributed by atoms with Crippen LogP contribution in [0.3, 0.4) is 0 Å². The van der Waals surface area contributed by atoms with Gasteiger partial charge in [0, 0.05) is 18.0 Å². The van der Waals surface area contributed by atoms with E-state index >= 15 is 0 Å². The Morgan fingerprint density at radius 3 is 2.46 bits per heavy atom. The number of ether oxygens (including phenoxy) is 2. The first-order valence-electron chi connectivity index (χ1n) is 10.9. The Morgan fingerprint density at radius 2 is 1.83 bits per heavy atom. The van der Waals surface area contributed by atoms with Crippen LogP contribution in [0.15, 0.2) is 35.2 Å². The summed E-state index contributed by atoms with van der Waals surface area (Å²) in [6.45, 7) is 0. The van der Waals surface area contributed by atoms with Gasteiger partial charge in [0.2, 0.25) is 0 Å². The number of hydrogen-bond acceptors (Lipinski definition) is 10. The molecule has 12 heteroatoms. The Labute approximate surface area is 203 Å². The van der Waals surface area contributed by atoms with Gasteiger partial charge in [-0.3, -0.25) is 0 Å². The molecule has 1 aromatic heterocycles. The van der Waals surface area contributed by atoms with E-state index in [9.17, 15) is 23.3 Å². The van der Waals surface area contributed by atoms with Crippen LogP contribution in [0.1, 0.15) is 41.6 Å². The SMILES string of the molecule is COC(=O)N[C@H]1CCCC[C@H]1Nc1cc(C#N)c(C(=O)OC)c(Nc2cccc(S(C)(=O)=O)c2)n1. The highest BCUT2D eigenvalue weighted by molar-refractivity contribution is 7.90. The fourth-order valence-corrected chi connectivity index (χ4v) is 4.59. The highest BCUT2D eigenvalue weighted by Gasteiger charge is 2.28. The lowest BCUT2D eigenvalue weighted by molar-refractivity contribution is 0.0601. The van der Waals surface area contributed by atoms with Gasteiger partial charge in [-0.25, -0.2) is 23.0 Å². The van der Waals surface area contributed by atoms with E-state index < -0.39 is 21.9 Å². The molecule has 1 heterocycles. The number of benzene rings is 1. The van der Waals surface area contributed by atoms with Gasteiger partial charge < -0.3 is 25.4 Å². The Balaban J connectivity index is 2.00. The molecule has 11 nitrogen and oxygen atoms in total. The summed E-state index contributed by atoms with van der Waals surface area (Å²) < 4.78 is 33.5. The van der Waals surface area contributed by atoms with Gasteiger partial charge in [-0.2, -0.15) is 5.26 Å². The standard InChI is InChI=1S/C23H27N5O6S/c1-33-22(29)20-14(13-24)11-19(26-17-9-4-5-10-18(17)27-23(30)34-2)28-21(20)25-15-7-6-8-16(12-15)35(3,31)32/h6-8,11-12,17-18H,4-5,9-10H2,1-3H3,(H,27,30)(H2,25,26,28)/t17-,18+/m1/s1. The molecule has 0 spiro atoms. The van der Waals surface area contributed by atoms with E-state index in [2.05, 4.69) is 20.9 Å². The monoisotopic (exact) mass is 501 g/mol. The number of nitriles is 1. The maximum Gasteiger partial charge on any atom is 0.407 e. The molecule has 0 saturated heterocycles. The summed E-state index contributed by atoms with van der Waals surface area (Å²) in [5, 5.41) is 18.8. The Morgan fingerprint density at radius 1 is 1.11 bits per heavy atom. The molecule has 1 saturated carbocycles. The number of methoxy groups -OCH3 is 2. The summed E-state index contributed by atoms with van der Waals surface area (Å²) in [7, 11) is -0.984. The molecule has 2 atom stereocenters. The first kappa shape index (κ1) is 25.8. The van der Waals surface area contributed by atoms with Crippen molar-refractivity contribution in [3.8, 4) is 6.07 Å². The first-order valence-corrected chi connectivity index (χ1v) is 12.8. The molecule has 0 aliphatic heterocycles. The maximum absolute atomic E-state index is 12.5. The van der Waals surface area contributed by atoms with Crippen molar-refractivity contribution >= 4 is 39.2 Å². The number of nitrogens with zero attached hydrogens (tertiary/aromatic N) is 2. The molecule has 0 radical (unpaired) electrons. The molecule has 3 N–H and O–H groups in total. The third kappa shape index (κ3) is 6.39. The molecule has 2 aromatic rings. The number of alkyl carbamates (subject to hydrolysis) is 1. The predicted molar refractivity (Wildman–Crippen MR) is 128 cm³/mol. The molecule has 1 aromatic carbocycles. The van der Waals surface area contributed by atoms with Gasteiger partial charge in [-0.1, -0.05) is 18.9 Å². The second-order valence-corrected chi connectivity index (χ2v) is 10.1. The van der Waals surface area contributed by atoms with Gasteiger partial charge in [0.25, 0.3) is 0 Å². The summed E-state index contributed by atoms with van der Waals surface area (Å²) in [5.74, 6) is -0.442. The number of esters is 1. The molecule has 0 bridgehead atoms. The van der Waals surface area contributed by atoms with E-state index in [1.807, 2.05) is 6.07 Å². The average Bonchev–Trinajstić information content (AvgIpc) is 2.84. The van der Waals surface area contributed by atoms with E-state index in [0.29, 0.717) is 11.5 Å². The number of carbonyl (C=O) groups excluding carboxylic acids is 2. The van der Waals surface area contributed by atoms with Crippen molar-refractivity contribution in [2.75, 3.05) is 31.1 Å². The van der Waals surface area contributed by atoms with Crippen LogP contribution >= 0.6 is 0 Å². The fourth-order valence-electron chi connectivity index (χ4n) is 3.92. The molecule has 3 rings (SSSR count). The number of nitrogens with one attached hydrogen (secondary N) is 3. The van der Waals surface area contributed by atoms with Crippen LogP contribution in [0.4, 0.5) is 22.1 Å². The topological polar surface area (TPSA) is 160 Å². The number of sulfone groups is 1. The van der Waals surface area contributed by atoms with Gasteiger partial charge in [-0.15, -0.1) is 0 Å². The average molecular weight is 502 g/mol. The van der Waals surface area contributed by atoms with Crippen molar-refractivity contribution in [3.05, 3.63) is 41.5 Å². The molecular formula is C23H27N5O6S. The minimum Gasteiger partial charge on any atom is -0.465 e. The number of amides is 1. The molecule has 1 aliphatic carbocycles. The van der Waals surface area contributed by atoms with Gasteiger partial charge in [0.05, 0.1) is 30.7 Å². The Hall–Kier alpha value is -3.85. The zero-order valence-corrected chi connectivity index (χ0v) is 20.4. The lowest BCUT2D eigenvalue weighted by Crippen LogP contribution is -2.48. The quantitative estimate of drug-likeness (QED) is 0.481. The van der Waals surface area contributed by atoms with Gasteiger partial charge >= 0.3 is 12.1 Å². The summed E-state index contributed by atoms with van der Waals surface area (Å²) in [5.41, 5.74) is 0.289. The molecule has 1 fully saturated rings. The number of hydrogen-bond donors (Lipinski definition) is 3. The molecule has 186 valence electrons. The van der Waals surface area contributed by atoms with E-state index in [-0.39, 0.29) is 33.9 Å². The smallest absolute Gasteiger partial charge is 0.407 e. The van der Waals surface area contributed by atoms with E-state index in [0.717, 1.165) is 31.9 Å². The van der Waals surface area contributed by atoms with Crippen LogP contribution in [0.5, 0.6) is 0 Å². The number of anilines is 3. The number of aromatic nitrogens is 1. The third-order valence-corrected chi connectivity index (χ3v) is 6.75. The summed E-state index contributed by atoms with van der Waals surface area (Å²) >= 11 is 0. The second kappa shape index (κ2) is 11.1. The molecule has 1 aliphatic rings. The van der Waals surface area contributed by atoms with Crippen molar-refractivity contribution in [2.45, 2.75) is 42.7 Å². The third-order valence-electron chi connectivity index (χ3n) is 5.64. The number of rotatable bonds is 7. The minimum absolute atomic E-state index is 0.0180. The highest BCUT2D eigenvalue weighted by Crippen LogP contribution is 2.29. The van der Waals surface area contributed by atoms with Crippen LogP contribution in [-0.4, -0.2) is 58.0 Å². The predicted octanol–water partition coefficient (Wildman–Crippen LogP) is 2.97. The van der Waals surface area contributed by atoms with Crippen molar-refractivity contribution in [2.24, 2.45) is 0 Å². The molecule has 1 amide bonds. The minimum atomic E-state index is -3.47. The summed E-state index contributed by atoms with van der Waals surface area (Å²) in [6, 6.07) is 9.05. The lowest BCUT2D eigenvalue weighted by atomic mass is 9.90. The highest BCUT2D eigenvalue weighted by atomic mass is 32.2. The largest absolute Gasteiger partial charge is 0.465 e. The molecular weight excluding hydrogens is 474 g/mol. The van der Waals surface area contributed by atoms with Gasteiger partial charge in [0.15, 0.2) is 9.84 Å². The van der Waals surface area contributed by atoms with Crippen molar-refractivity contribution in [1.82, 2.24) is 10.3 Å². The second-order valence-electron chi connectivity index (χ2n) is 8.08. The number of pyridine rings is 1. The fraction of sp³-hybridized carbons (Fsp3) is 0.391. The Bertz CT molecular complexity index is 1260.